The standard InChI is InChI=1S/C25H32N2O2S/c1-3-4-9-23(28)26(16-19-10-11-19)17-24(29)27-14-12-22-21(13-15-30-22)25(27)20-8-6-5-7-18(20)2/h5-8,13,15,19,25H,3-4,9-12,14,16-17H2,1-2H3/t25-/m0/s1. The van der Waals surface area contributed by atoms with Crippen LogP contribution in [0.25, 0.3) is 0 Å². The Morgan fingerprint density at radius 3 is 2.70 bits per heavy atom. The zero-order valence-electron chi connectivity index (χ0n) is 18.1. The molecule has 0 bridgehead atoms. The Kier molecular flexibility index (Phi) is 6.57. The van der Waals surface area contributed by atoms with Crippen molar-refractivity contribution in [3.63, 3.8) is 0 Å². The summed E-state index contributed by atoms with van der Waals surface area (Å²) in [5.41, 5.74) is 3.64. The first-order valence-corrected chi connectivity index (χ1v) is 12.2. The lowest BCUT2D eigenvalue weighted by molar-refractivity contribution is -0.142. The topological polar surface area (TPSA) is 40.6 Å². The normalized spacial score (nSPS) is 18.2. The first kappa shape index (κ1) is 21.1. The third-order valence-electron chi connectivity index (χ3n) is 6.37. The Labute approximate surface area is 183 Å². The highest BCUT2D eigenvalue weighted by molar-refractivity contribution is 7.10. The molecule has 4 nitrogen and oxygen atoms in total. The number of benzene rings is 1. The predicted molar refractivity (Wildman–Crippen MR) is 122 cm³/mol. The lowest BCUT2D eigenvalue weighted by Gasteiger charge is -2.38. The van der Waals surface area contributed by atoms with Gasteiger partial charge in [-0.2, -0.15) is 0 Å². The second-order valence-electron chi connectivity index (χ2n) is 8.72. The van der Waals surface area contributed by atoms with Crippen molar-refractivity contribution in [2.24, 2.45) is 5.92 Å². The molecule has 30 heavy (non-hydrogen) atoms. The number of rotatable bonds is 8. The summed E-state index contributed by atoms with van der Waals surface area (Å²) in [5.74, 6) is 0.795. The van der Waals surface area contributed by atoms with E-state index in [1.807, 2.05) is 15.9 Å². The van der Waals surface area contributed by atoms with E-state index in [-0.39, 0.29) is 24.4 Å². The maximum absolute atomic E-state index is 13.6. The highest BCUT2D eigenvalue weighted by Crippen LogP contribution is 2.39. The molecule has 2 heterocycles. The Hall–Kier alpha value is -2.14. The van der Waals surface area contributed by atoms with E-state index in [2.05, 4.69) is 43.5 Å². The van der Waals surface area contributed by atoms with E-state index >= 15 is 0 Å². The number of hydrogen-bond acceptors (Lipinski definition) is 3. The van der Waals surface area contributed by atoms with Gasteiger partial charge in [0.1, 0.15) is 0 Å². The summed E-state index contributed by atoms with van der Waals surface area (Å²) >= 11 is 1.79. The zero-order chi connectivity index (χ0) is 21.1. The van der Waals surface area contributed by atoms with Gasteiger partial charge in [0.15, 0.2) is 0 Å². The fraction of sp³-hybridized carbons (Fsp3) is 0.520. The molecule has 2 amide bonds. The van der Waals surface area contributed by atoms with Crippen LogP contribution in [0.3, 0.4) is 0 Å². The summed E-state index contributed by atoms with van der Waals surface area (Å²) in [6.07, 6.45) is 5.69. The molecule has 0 radical (unpaired) electrons. The molecule has 0 spiro atoms. The van der Waals surface area contributed by atoms with Crippen molar-refractivity contribution in [1.29, 1.82) is 0 Å². The van der Waals surface area contributed by atoms with Gasteiger partial charge in [0.2, 0.25) is 11.8 Å². The molecule has 5 heteroatoms. The molecular formula is C25H32N2O2S. The molecule has 1 aromatic carbocycles. The van der Waals surface area contributed by atoms with Crippen molar-refractivity contribution >= 4 is 23.2 Å². The number of unbranched alkanes of at least 4 members (excludes halogenated alkanes) is 1. The van der Waals surface area contributed by atoms with E-state index in [1.165, 1.54) is 34.4 Å². The minimum absolute atomic E-state index is 0.0535. The van der Waals surface area contributed by atoms with Crippen LogP contribution in [0, 0.1) is 12.8 Å². The molecule has 1 fully saturated rings. The summed E-state index contributed by atoms with van der Waals surface area (Å²) in [4.78, 5) is 31.6. The van der Waals surface area contributed by atoms with Crippen LogP contribution in [0.2, 0.25) is 0 Å². The van der Waals surface area contributed by atoms with Crippen molar-refractivity contribution in [2.45, 2.75) is 58.4 Å². The third-order valence-corrected chi connectivity index (χ3v) is 7.36. The van der Waals surface area contributed by atoms with Crippen molar-refractivity contribution in [3.8, 4) is 0 Å². The van der Waals surface area contributed by atoms with Gasteiger partial charge in [-0.3, -0.25) is 9.59 Å². The largest absolute Gasteiger partial charge is 0.333 e. The monoisotopic (exact) mass is 424 g/mol. The van der Waals surface area contributed by atoms with Crippen LogP contribution in [-0.4, -0.2) is 41.2 Å². The van der Waals surface area contributed by atoms with E-state index < -0.39 is 0 Å². The van der Waals surface area contributed by atoms with Crippen molar-refractivity contribution < 1.29 is 9.59 Å². The van der Waals surface area contributed by atoms with Crippen LogP contribution in [0.1, 0.15) is 66.6 Å². The van der Waals surface area contributed by atoms with Crippen LogP contribution >= 0.6 is 11.3 Å². The SMILES string of the molecule is CCCCC(=O)N(CC(=O)N1CCc2sccc2[C@@H]1c1ccccc1C)CC1CC1. The van der Waals surface area contributed by atoms with Gasteiger partial charge in [0, 0.05) is 24.4 Å². The lowest BCUT2D eigenvalue weighted by atomic mass is 9.90. The van der Waals surface area contributed by atoms with Crippen LogP contribution in [0.4, 0.5) is 0 Å². The lowest BCUT2D eigenvalue weighted by Crippen LogP contribution is -2.47. The minimum Gasteiger partial charge on any atom is -0.333 e. The molecule has 1 atom stereocenters. The second kappa shape index (κ2) is 9.34. The molecular weight excluding hydrogens is 392 g/mol. The van der Waals surface area contributed by atoms with Crippen LogP contribution in [-0.2, 0) is 16.0 Å². The average molecular weight is 425 g/mol. The van der Waals surface area contributed by atoms with Gasteiger partial charge >= 0.3 is 0 Å². The highest BCUT2D eigenvalue weighted by Gasteiger charge is 2.35. The average Bonchev–Trinajstić information content (AvgIpc) is 3.43. The summed E-state index contributed by atoms with van der Waals surface area (Å²) in [7, 11) is 0. The van der Waals surface area contributed by atoms with Crippen LogP contribution in [0.5, 0.6) is 0 Å². The van der Waals surface area contributed by atoms with Gasteiger partial charge < -0.3 is 9.80 Å². The summed E-state index contributed by atoms with van der Waals surface area (Å²) < 4.78 is 0. The summed E-state index contributed by atoms with van der Waals surface area (Å²) in [6.45, 7) is 5.88. The Morgan fingerprint density at radius 2 is 1.97 bits per heavy atom. The summed E-state index contributed by atoms with van der Waals surface area (Å²) in [6, 6.07) is 10.5. The molecule has 1 aliphatic carbocycles. The third kappa shape index (κ3) is 4.61. The van der Waals surface area contributed by atoms with E-state index in [9.17, 15) is 9.59 Å². The number of thiophene rings is 1. The van der Waals surface area contributed by atoms with E-state index in [1.54, 1.807) is 11.3 Å². The number of carbonyl (C=O) groups is 2. The van der Waals surface area contributed by atoms with Crippen molar-refractivity contribution in [3.05, 3.63) is 57.3 Å². The molecule has 1 aliphatic heterocycles. The number of nitrogens with zero attached hydrogens (tertiary/aromatic N) is 2. The number of aryl methyl sites for hydroxylation is 1. The molecule has 160 valence electrons. The van der Waals surface area contributed by atoms with Gasteiger partial charge in [0.05, 0.1) is 12.6 Å². The number of amides is 2. The predicted octanol–water partition coefficient (Wildman–Crippen LogP) is 4.96. The fourth-order valence-electron chi connectivity index (χ4n) is 4.42. The number of carbonyl (C=O) groups excluding carboxylic acids is 2. The van der Waals surface area contributed by atoms with E-state index in [4.69, 9.17) is 0 Å². The quantitative estimate of drug-likeness (QED) is 0.601. The maximum Gasteiger partial charge on any atom is 0.242 e. The molecule has 1 aromatic heterocycles. The first-order valence-electron chi connectivity index (χ1n) is 11.3. The van der Waals surface area contributed by atoms with Gasteiger partial charge in [-0.25, -0.2) is 0 Å². The molecule has 0 unspecified atom stereocenters. The van der Waals surface area contributed by atoms with E-state index in [0.717, 1.165) is 25.8 Å². The van der Waals surface area contributed by atoms with Gasteiger partial charge in [-0.15, -0.1) is 11.3 Å². The molecule has 4 rings (SSSR count). The van der Waals surface area contributed by atoms with Crippen LogP contribution < -0.4 is 0 Å². The smallest absolute Gasteiger partial charge is 0.242 e. The molecule has 2 aliphatic rings. The first-order chi connectivity index (χ1) is 14.6. The van der Waals surface area contributed by atoms with Crippen molar-refractivity contribution in [1.82, 2.24) is 9.80 Å². The van der Waals surface area contributed by atoms with Gasteiger partial charge in [-0.1, -0.05) is 37.6 Å². The van der Waals surface area contributed by atoms with Gasteiger partial charge in [-0.05, 0) is 66.7 Å². The molecule has 0 N–H and O–H groups in total. The highest BCUT2D eigenvalue weighted by atomic mass is 32.1. The van der Waals surface area contributed by atoms with E-state index in [0.29, 0.717) is 18.9 Å². The second-order valence-corrected chi connectivity index (χ2v) is 9.72. The molecule has 0 saturated heterocycles. The molecule has 2 aromatic rings. The Morgan fingerprint density at radius 1 is 1.17 bits per heavy atom. The minimum atomic E-state index is -0.0535. The Balaban J connectivity index is 1.58. The fourth-order valence-corrected chi connectivity index (χ4v) is 5.32. The van der Waals surface area contributed by atoms with Gasteiger partial charge in [0.25, 0.3) is 0 Å². The Bertz CT molecular complexity index is 902. The van der Waals surface area contributed by atoms with Crippen LogP contribution in [0.15, 0.2) is 35.7 Å². The van der Waals surface area contributed by atoms with Crippen molar-refractivity contribution in [2.75, 3.05) is 19.6 Å². The zero-order valence-corrected chi connectivity index (χ0v) is 18.9. The number of hydrogen-bond donors (Lipinski definition) is 0. The number of fused-ring (bicyclic) bond motifs is 1. The summed E-state index contributed by atoms with van der Waals surface area (Å²) in [5, 5.41) is 2.14. The maximum atomic E-state index is 13.6. The molecule has 1 saturated carbocycles.